The topological polar surface area (TPSA) is 68.5 Å². The smallest absolute Gasteiger partial charge is 0.239 e. The number of hydrogen-bond donors (Lipinski definition) is 1. The fourth-order valence-corrected chi connectivity index (χ4v) is 2.04. The monoisotopic (exact) mass is 249 g/mol. The maximum Gasteiger partial charge on any atom is 0.239 e. The first-order valence-electron chi connectivity index (χ1n) is 6.31. The first-order chi connectivity index (χ1) is 8.70. The first-order valence-corrected chi connectivity index (χ1v) is 6.31. The molecule has 1 amide bonds. The summed E-state index contributed by atoms with van der Waals surface area (Å²) >= 11 is 0. The molecule has 1 saturated heterocycles. The maximum absolute atomic E-state index is 11.9. The van der Waals surface area contributed by atoms with E-state index >= 15 is 0 Å². The van der Waals surface area contributed by atoms with Gasteiger partial charge in [0.1, 0.15) is 11.9 Å². The fraction of sp³-hybridized carbons (Fsp3) is 0.538. The van der Waals surface area contributed by atoms with Gasteiger partial charge < -0.3 is 15.4 Å². The van der Waals surface area contributed by atoms with Crippen LogP contribution in [0.15, 0.2) is 24.5 Å². The molecule has 5 nitrogen and oxygen atoms in total. The van der Waals surface area contributed by atoms with Crippen molar-refractivity contribution in [3.63, 3.8) is 0 Å². The summed E-state index contributed by atoms with van der Waals surface area (Å²) in [4.78, 5) is 17.7. The zero-order valence-corrected chi connectivity index (χ0v) is 10.6. The Morgan fingerprint density at radius 3 is 3.22 bits per heavy atom. The van der Waals surface area contributed by atoms with E-state index in [2.05, 4.69) is 4.98 Å². The number of carbonyl (C=O) groups is 1. The van der Waals surface area contributed by atoms with Crippen molar-refractivity contribution in [1.29, 1.82) is 0 Å². The Morgan fingerprint density at radius 2 is 2.56 bits per heavy atom. The zero-order valence-electron chi connectivity index (χ0n) is 10.6. The van der Waals surface area contributed by atoms with Gasteiger partial charge in [-0.2, -0.15) is 0 Å². The van der Waals surface area contributed by atoms with Gasteiger partial charge in [-0.05, 0) is 18.6 Å². The lowest BCUT2D eigenvalue weighted by atomic mass is 10.2. The summed E-state index contributed by atoms with van der Waals surface area (Å²) in [6.45, 7) is 3.25. The highest BCUT2D eigenvalue weighted by Crippen LogP contribution is 2.17. The molecule has 2 rings (SSSR count). The number of nitrogens with zero attached hydrogens (tertiary/aromatic N) is 2. The number of nitrogens with two attached hydrogens (primary N) is 1. The van der Waals surface area contributed by atoms with Crippen LogP contribution in [0.2, 0.25) is 0 Å². The second-order valence-corrected chi connectivity index (χ2v) is 4.52. The molecule has 1 aliphatic heterocycles. The molecule has 2 unspecified atom stereocenters. The quantitative estimate of drug-likeness (QED) is 0.857. The lowest BCUT2D eigenvalue weighted by Gasteiger charge is -2.20. The van der Waals surface area contributed by atoms with Gasteiger partial charge in [0.15, 0.2) is 0 Å². The number of likely N-dealkylation sites (tertiary alicyclic amines) is 1. The fourth-order valence-electron chi connectivity index (χ4n) is 2.04. The summed E-state index contributed by atoms with van der Waals surface area (Å²) in [5.41, 5.74) is 5.75. The zero-order chi connectivity index (χ0) is 13.0. The van der Waals surface area contributed by atoms with E-state index in [0.29, 0.717) is 13.0 Å². The summed E-state index contributed by atoms with van der Waals surface area (Å²) in [5, 5.41) is 0. The van der Waals surface area contributed by atoms with E-state index in [4.69, 9.17) is 10.5 Å². The second kappa shape index (κ2) is 5.82. The van der Waals surface area contributed by atoms with E-state index in [0.717, 1.165) is 18.7 Å². The Hall–Kier alpha value is -1.62. The van der Waals surface area contributed by atoms with Crippen LogP contribution in [-0.4, -0.2) is 41.0 Å². The Labute approximate surface area is 107 Å². The van der Waals surface area contributed by atoms with Crippen LogP contribution >= 0.6 is 0 Å². The van der Waals surface area contributed by atoms with Crippen LogP contribution in [0.1, 0.15) is 19.8 Å². The molecule has 0 spiro atoms. The number of amides is 1. The third-order valence-corrected chi connectivity index (χ3v) is 3.15. The third-order valence-electron chi connectivity index (χ3n) is 3.15. The van der Waals surface area contributed by atoms with Crippen molar-refractivity contribution in [1.82, 2.24) is 9.88 Å². The van der Waals surface area contributed by atoms with Crippen LogP contribution in [0.5, 0.6) is 5.75 Å². The van der Waals surface area contributed by atoms with Crippen LogP contribution in [0.25, 0.3) is 0 Å². The van der Waals surface area contributed by atoms with Gasteiger partial charge >= 0.3 is 0 Å². The van der Waals surface area contributed by atoms with Gasteiger partial charge in [-0.1, -0.05) is 6.92 Å². The lowest BCUT2D eigenvalue weighted by Crippen LogP contribution is -2.42. The largest absolute Gasteiger partial charge is 0.487 e. The molecule has 5 heteroatoms. The first kappa shape index (κ1) is 12.8. The third kappa shape index (κ3) is 2.98. The van der Waals surface area contributed by atoms with Crippen LogP contribution in [-0.2, 0) is 4.79 Å². The molecule has 0 saturated carbocycles. The van der Waals surface area contributed by atoms with Crippen molar-refractivity contribution < 1.29 is 9.53 Å². The molecule has 1 aliphatic rings. The number of pyridine rings is 1. The van der Waals surface area contributed by atoms with Gasteiger partial charge in [-0.3, -0.25) is 9.78 Å². The lowest BCUT2D eigenvalue weighted by molar-refractivity contribution is -0.131. The average Bonchev–Trinajstić information content (AvgIpc) is 2.86. The van der Waals surface area contributed by atoms with Crippen molar-refractivity contribution in [2.45, 2.75) is 31.9 Å². The van der Waals surface area contributed by atoms with Crippen molar-refractivity contribution in [2.75, 3.05) is 13.1 Å². The minimum atomic E-state index is -0.387. The molecule has 1 fully saturated rings. The highest BCUT2D eigenvalue weighted by Gasteiger charge is 2.29. The molecule has 2 N–H and O–H groups in total. The van der Waals surface area contributed by atoms with Crippen molar-refractivity contribution in [3.8, 4) is 5.75 Å². The van der Waals surface area contributed by atoms with Gasteiger partial charge in [0.05, 0.1) is 18.8 Å². The Kier molecular flexibility index (Phi) is 4.15. The minimum absolute atomic E-state index is 0.0230. The summed E-state index contributed by atoms with van der Waals surface area (Å²) in [6, 6.07) is 3.32. The van der Waals surface area contributed by atoms with Crippen LogP contribution in [0.4, 0.5) is 0 Å². The van der Waals surface area contributed by atoms with Gasteiger partial charge in [0, 0.05) is 19.2 Å². The van der Waals surface area contributed by atoms with E-state index in [1.165, 1.54) is 0 Å². The summed E-state index contributed by atoms with van der Waals surface area (Å²) in [6.07, 6.45) is 4.95. The van der Waals surface area contributed by atoms with E-state index in [-0.39, 0.29) is 18.1 Å². The summed E-state index contributed by atoms with van der Waals surface area (Å²) < 4.78 is 5.77. The highest BCUT2D eigenvalue weighted by molar-refractivity contribution is 5.81. The molecular formula is C13H19N3O2. The molecule has 98 valence electrons. The van der Waals surface area contributed by atoms with E-state index in [9.17, 15) is 4.79 Å². The number of carbonyl (C=O) groups excluding carboxylic acids is 1. The molecule has 0 aliphatic carbocycles. The normalized spacial score (nSPS) is 20.8. The molecule has 2 heterocycles. The maximum atomic E-state index is 11.9. The molecule has 2 atom stereocenters. The standard InChI is InChI=1S/C13H19N3O2/c1-2-12(14)13(17)16-7-5-11(9-16)18-10-4-3-6-15-8-10/h3-4,6,8,11-12H,2,5,7,9,14H2,1H3. The van der Waals surface area contributed by atoms with E-state index in [1.54, 1.807) is 17.3 Å². The molecule has 1 aromatic rings. The summed E-state index contributed by atoms with van der Waals surface area (Å²) in [5.74, 6) is 0.770. The molecule has 0 radical (unpaired) electrons. The Morgan fingerprint density at radius 1 is 1.72 bits per heavy atom. The number of aromatic nitrogens is 1. The van der Waals surface area contributed by atoms with Crippen LogP contribution < -0.4 is 10.5 Å². The number of rotatable bonds is 4. The average molecular weight is 249 g/mol. The molecule has 1 aromatic heterocycles. The Balaban J connectivity index is 1.87. The van der Waals surface area contributed by atoms with Crippen molar-refractivity contribution in [2.24, 2.45) is 5.73 Å². The van der Waals surface area contributed by atoms with Crippen molar-refractivity contribution in [3.05, 3.63) is 24.5 Å². The molecular weight excluding hydrogens is 230 g/mol. The molecule has 0 aromatic carbocycles. The summed E-state index contributed by atoms with van der Waals surface area (Å²) in [7, 11) is 0. The van der Waals surface area contributed by atoms with E-state index in [1.807, 2.05) is 19.1 Å². The van der Waals surface area contributed by atoms with Gasteiger partial charge in [0.2, 0.25) is 5.91 Å². The SMILES string of the molecule is CCC(N)C(=O)N1CCC(Oc2cccnc2)C1. The van der Waals surface area contributed by atoms with Gasteiger partial charge in [-0.15, -0.1) is 0 Å². The van der Waals surface area contributed by atoms with Crippen LogP contribution in [0, 0.1) is 0 Å². The predicted octanol–water partition coefficient (Wildman–Crippen LogP) is 0.799. The highest BCUT2D eigenvalue weighted by atomic mass is 16.5. The number of ether oxygens (including phenoxy) is 1. The predicted molar refractivity (Wildman–Crippen MR) is 68.1 cm³/mol. The number of hydrogen-bond acceptors (Lipinski definition) is 4. The van der Waals surface area contributed by atoms with Gasteiger partial charge in [-0.25, -0.2) is 0 Å². The molecule has 18 heavy (non-hydrogen) atoms. The second-order valence-electron chi connectivity index (χ2n) is 4.52. The molecule has 0 bridgehead atoms. The van der Waals surface area contributed by atoms with Crippen LogP contribution in [0.3, 0.4) is 0 Å². The minimum Gasteiger partial charge on any atom is -0.487 e. The Bertz CT molecular complexity index is 396. The van der Waals surface area contributed by atoms with Gasteiger partial charge in [0.25, 0.3) is 0 Å². The van der Waals surface area contributed by atoms with Crippen molar-refractivity contribution >= 4 is 5.91 Å². The van der Waals surface area contributed by atoms with E-state index < -0.39 is 0 Å².